The number of benzene rings is 1. The van der Waals surface area contributed by atoms with Crippen LogP contribution in [-0.2, 0) is 6.42 Å². The van der Waals surface area contributed by atoms with Crippen LogP contribution in [0.5, 0.6) is 0 Å². The van der Waals surface area contributed by atoms with Crippen molar-refractivity contribution in [2.75, 3.05) is 6.54 Å². The molecule has 6 heteroatoms. The van der Waals surface area contributed by atoms with E-state index in [1.54, 1.807) is 0 Å². The molecule has 0 aliphatic rings. The van der Waals surface area contributed by atoms with Gasteiger partial charge < -0.3 is 9.73 Å². The van der Waals surface area contributed by atoms with E-state index in [2.05, 4.69) is 67.9 Å². The summed E-state index contributed by atoms with van der Waals surface area (Å²) in [5.74, 6) is 1.28. The smallest absolute Gasteiger partial charge is 0.248 e. The lowest BCUT2D eigenvalue weighted by Gasteiger charge is -2.05. The SMILES string of the molecule is CC(C)NCCCc1nnc(-c2cc(Br)ccc2I)o1. The van der Waals surface area contributed by atoms with E-state index in [1.807, 2.05) is 18.2 Å². The topological polar surface area (TPSA) is 51.0 Å². The molecule has 108 valence electrons. The molecular formula is C14H17BrIN3O. The summed E-state index contributed by atoms with van der Waals surface area (Å²) in [6, 6.07) is 6.53. The molecule has 0 aliphatic carbocycles. The second-order valence-corrected chi connectivity index (χ2v) is 6.92. The van der Waals surface area contributed by atoms with Gasteiger partial charge >= 0.3 is 0 Å². The molecule has 0 aliphatic heterocycles. The lowest BCUT2D eigenvalue weighted by atomic mass is 10.2. The Hall–Kier alpha value is -0.470. The molecule has 1 aromatic carbocycles. The molecule has 20 heavy (non-hydrogen) atoms. The highest BCUT2D eigenvalue weighted by molar-refractivity contribution is 14.1. The average Bonchev–Trinajstić information content (AvgIpc) is 2.86. The molecule has 1 aromatic heterocycles. The largest absolute Gasteiger partial charge is 0.421 e. The van der Waals surface area contributed by atoms with E-state index >= 15 is 0 Å². The molecule has 0 saturated heterocycles. The van der Waals surface area contributed by atoms with Crippen molar-refractivity contribution in [1.29, 1.82) is 0 Å². The lowest BCUT2D eigenvalue weighted by Crippen LogP contribution is -2.23. The zero-order valence-electron chi connectivity index (χ0n) is 11.5. The van der Waals surface area contributed by atoms with Crippen LogP contribution in [0, 0.1) is 3.57 Å². The van der Waals surface area contributed by atoms with Gasteiger partial charge in [0.1, 0.15) is 0 Å². The number of aromatic nitrogens is 2. The van der Waals surface area contributed by atoms with Gasteiger partial charge in [-0.1, -0.05) is 29.8 Å². The quantitative estimate of drug-likeness (QED) is 0.534. The summed E-state index contributed by atoms with van der Waals surface area (Å²) in [6.07, 6.45) is 1.80. The fourth-order valence-electron chi connectivity index (χ4n) is 1.76. The third-order valence-corrected chi connectivity index (χ3v) is 4.18. The minimum atomic E-state index is 0.511. The van der Waals surface area contributed by atoms with Gasteiger partial charge in [0.25, 0.3) is 0 Å². The first-order valence-electron chi connectivity index (χ1n) is 6.57. The van der Waals surface area contributed by atoms with Crippen molar-refractivity contribution in [3.63, 3.8) is 0 Å². The van der Waals surface area contributed by atoms with Gasteiger partial charge in [-0.2, -0.15) is 0 Å². The maximum absolute atomic E-state index is 5.74. The summed E-state index contributed by atoms with van der Waals surface area (Å²) < 4.78 is 7.84. The van der Waals surface area contributed by atoms with Crippen LogP contribution in [-0.4, -0.2) is 22.8 Å². The van der Waals surface area contributed by atoms with Crippen LogP contribution in [0.15, 0.2) is 27.1 Å². The molecule has 0 bridgehead atoms. The molecule has 0 radical (unpaired) electrons. The van der Waals surface area contributed by atoms with Crippen molar-refractivity contribution in [2.45, 2.75) is 32.7 Å². The third kappa shape index (κ3) is 4.53. The van der Waals surface area contributed by atoms with E-state index in [0.29, 0.717) is 17.8 Å². The zero-order valence-corrected chi connectivity index (χ0v) is 15.2. The second-order valence-electron chi connectivity index (χ2n) is 4.84. The molecule has 0 unspecified atom stereocenters. The first kappa shape index (κ1) is 15.9. The van der Waals surface area contributed by atoms with Gasteiger partial charge in [0.2, 0.25) is 11.8 Å². The molecule has 0 spiro atoms. The van der Waals surface area contributed by atoms with E-state index in [1.165, 1.54) is 0 Å². The summed E-state index contributed by atoms with van der Waals surface area (Å²) in [5.41, 5.74) is 0.971. The predicted octanol–water partition coefficient (Wildman–Crippen LogP) is 4.03. The molecule has 2 rings (SSSR count). The van der Waals surface area contributed by atoms with Gasteiger partial charge in [-0.15, -0.1) is 10.2 Å². The minimum absolute atomic E-state index is 0.511. The van der Waals surface area contributed by atoms with Gasteiger partial charge in [-0.05, 0) is 53.8 Å². The lowest BCUT2D eigenvalue weighted by molar-refractivity contribution is 0.484. The van der Waals surface area contributed by atoms with Gasteiger partial charge in [0, 0.05) is 20.5 Å². The highest BCUT2D eigenvalue weighted by atomic mass is 127. The first-order chi connectivity index (χ1) is 9.56. The summed E-state index contributed by atoms with van der Waals surface area (Å²) in [5, 5.41) is 11.6. The van der Waals surface area contributed by atoms with Crippen molar-refractivity contribution < 1.29 is 4.42 Å². The monoisotopic (exact) mass is 449 g/mol. The number of hydrogen-bond donors (Lipinski definition) is 1. The first-order valence-corrected chi connectivity index (χ1v) is 8.44. The Morgan fingerprint density at radius 1 is 1.35 bits per heavy atom. The maximum atomic E-state index is 5.74. The van der Waals surface area contributed by atoms with E-state index < -0.39 is 0 Å². The Labute approximate surface area is 141 Å². The minimum Gasteiger partial charge on any atom is -0.421 e. The molecular weight excluding hydrogens is 433 g/mol. The Morgan fingerprint density at radius 3 is 2.90 bits per heavy atom. The fraction of sp³-hybridized carbons (Fsp3) is 0.429. The summed E-state index contributed by atoms with van der Waals surface area (Å²) in [6.45, 7) is 5.24. The number of halogens is 2. The molecule has 1 heterocycles. The Morgan fingerprint density at radius 2 is 2.15 bits per heavy atom. The van der Waals surface area contributed by atoms with E-state index in [0.717, 1.165) is 33.0 Å². The van der Waals surface area contributed by atoms with Crippen molar-refractivity contribution in [3.05, 3.63) is 32.1 Å². The van der Waals surface area contributed by atoms with Crippen molar-refractivity contribution >= 4 is 38.5 Å². The Bertz CT molecular complexity index is 571. The van der Waals surface area contributed by atoms with Crippen LogP contribution in [0.1, 0.15) is 26.2 Å². The summed E-state index contributed by atoms with van der Waals surface area (Å²) in [4.78, 5) is 0. The second kappa shape index (κ2) is 7.51. The Balaban J connectivity index is 2.00. The maximum Gasteiger partial charge on any atom is 0.248 e. The van der Waals surface area contributed by atoms with Gasteiger partial charge in [-0.25, -0.2) is 0 Å². The van der Waals surface area contributed by atoms with Crippen LogP contribution in [0.3, 0.4) is 0 Å². The highest BCUT2D eigenvalue weighted by Gasteiger charge is 2.12. The number of hydrogen-bond acceptors (Lipinski definition) is 4. The molecule has 2 aromatic rings. The third-order valence-electron chi connectivity index (χ3n) is 2.75. The van der Waals surface area contributed by atoms with Crippen LogP contribution < -0.4 is 5.32 Å². The van der Waals surface area contributed by atoms with E-state index in [-0.39, 0.29) is 0 Å². The standard InChI is InChI=1S/C14H17BrIN3O/c1-9(2)17-7-3-4-13-18-19-14(20-13)11-8-10(15)5-6-12(11)16/h5-6,8-9,17H,3-4,7H2,1-2H3. The number of rotatable bonds is 6. The predicted molar refractivity (Wildman–Crippen MR) is 91.6 cm³/mol. The number of nitrogens with one attached hydrogen (secondary N) is 1. The normalized spacial score (nSPS) is 11.2. The molecule has 0 saturated carbocycles. The van der Waals surface area contributed by atoms with Crippen molar-refractivity contribution in [2.24, 2.45) is 0 Å². The van der Waals surface area contributed by atoms with E-state index in [4.69, 9.17) is 4.42 Å². The van der Waals surface area contributed by atoms with Gasteiger partial charge in [0.05, 0.1) is 5.56 Å². The summed E-state index contributed by atoms with van der Waals surface area (Å²) >= 11 is 5.74. The zero-order chi connectivity index (χ0) is 14.5. The van der Waals surface area contributed by atoms with Crippen molar-refractivity contribution in [3.8, 4) is 11.5 Å². The molecule has 4 nitrogen and oxygen atoms in total. The van der Waals surface area contributed by atoms with E-state index in [9.17, 15) is 0 Å². The molecule has 0 atom stereocenters. The van der Waals surface area contributed by atoms with Crippen LogP contribution in [0.25, 0.3) is 11.5 Å². The van der Waals surface area contributed by atoms with Crippen LogP contribution >= 0.6 is 38.5 Å². The average molecular weight is 450 g/mol. The van der Waals surface area contributed by atoms with Crippen LogP contribution in [0.4, 0.5) is 0 Å². The molecule has 0 fully saturated rings. The Kier molecular flexibility index (Phi) is 5.98. The van der Waals surface area contributed by atoms with Crippen molar-refractivity contribution in [1.82, 2.24) is 15.5 Å². The van der Waals surface area contributed by atoms with Crippen LogP contribution in [0.2, 0.25) is 0 Å². The molecule has 0 amide bonds. The number of aryl methyl sites for hydroxylation is 1. The van der Waals surface area contributed by atoms with Gasteiger partial charge in [0.15, 0.2) is 0 Å². The summed E-state index contributed by atoms with van der Waals surface area (Å²) in [7, 11) is 0. The highest BCUT2D eigenvalue weighted by Crippen LogP contribution is 2.27. The number of nitrogens with zero attached hydrogens (tertiary/aromatic N) is 2. The molecule has 1 N–H and O–H groups in total. The fourth-order valence-corrected chi connectivity index (χ4v) is 2.68. The van der Waals surface area contributed by atoms with Gasteiger partial charge in [-0.3, -0.25) is 0 Å².